The van der Waals surface area contributed by atoms with Gasteiger partial charge in [0.05, 0.1) is 5.76 Å². The molecule has 0 aliphatic heterocycles. The maximum Gasteiger partial charge on any atom is 0.140 e. The first-order valence-electron chi connectivity index (χ1n) is 7.16. The van der Waals surface area contributed by atoms with Crippen LogP contribution in [0, 0.1) is 5.92 Å². The van der Waals surface area contributed by atoms with Crippen molar-refractivity contribution in [3.05, 3.63) is 11.8 Å². The van der Waals surface area contributed by atoms with Crippen LogP contribution in [0.25, 0.3) is 0 Å². The minimum Gasteiger partial charge on any atom is -0.512 e. The van der Waals surface area contributed by atoms with Gasteiger partial charge in [-0.05, 0) is 23.9 Å². The summed E-state index contributed by atoms with van der Waals surface area (Å²) in [6.07, 6.45) is 3.30. The van der Waals surface area contributed by atoms with Gasteiger partial charge in [0.15, 0.2) is 0 Å². The number of carbonyl (C=O) groups is 1. The number of allylic oxidation sites excluding steroid dienone is 2. The van der Waals surface area contributed by atoms with Crippen molar-refractivity contribution in [3.63, 3.8) is 0 Å². The van der Waals surface area contributed by atoms with Crippen LogP contribution in [0.2, 0.25) is 17.6 Å². The van der Waals surface area contributed by atoms with E-state index in [2.05, 4.69) is 34.2 Å². The second-order valence-electron chi connectivity index (χ2n) is 6.04. The van der Waals surface area contributed by atoms with Crippen molar-refractivity contribution in [1.29, 1.82) is 0 Å². The maximum atomic E-state index is 12.5. The predicted molar refractivity (Wildman–Crippen MR) is 81.6 cm³/mol. The lowest BCUT2D eigenvalue weighted by molar-refractivity contribution is -0.109. The van der Waals surface area contributed by atoms with Crippen LogP contribution in [0.3, 0.4) is 0 Å². The van der Waals surface area contributed by atoms with Gasteiger partial charge < -0.3 is 9.90 Å². The van der Waals surface area contributed by atoms with E-state index >= 15 is 0 Å². The summed E-state index contributed by atoms with van der Waals surface area (Å²) in [7, 11) is -2.02. The molecule has 0 aromatic heterocycles. The van der Waals surface area contributed by atoms with Crippen LogP contribution in [0.15, 0.2) is 11.8 Å². The Morgan fingerprint density at radius 3 is 1.78 bits per heavy atom. The molecule has 0 fully saturated rings. The van der Waals surface area contributed by atoms with E-state index in [0.717, 1.165) is 12.8 Å². The highest BCUT2D eigenvalue weighted by Gasteiger charge is 2.41. The van der Waals surface area contributed by atoms with Gasteiger partial charge in [-0.1, -0.05) is 48.1 Å². The Bertz CT molecular complexity index is 294. The van der Waals surface area contributed by atoms with E-state index in [-0.39, 0.29) is 17.1 Å². The zero-order valence-corrected chi connectivity index (χ0v) is 14.1. The fourth-order valence-electron chi connectivity index (χ4n) is 2.35. The van der Waals surface area contributed by atoms with Crippen molar-refractivity contribution in [3.8, 4) is 0 Å². The summed E-state index contributed by atoms with van der Waals surface area (Å²) in [6, 6.07) is 0. The zero-order valence-electron chi connectivity index (χ0n) is 13.1. The largest absolute Gasteiger partial charge is 0.512 e. The standard InChI is InChI=1S/C15H30O2Si/c1-8-13(9-2)14(16)10-15(17)18(7,11(3)4)12(5)6/h10-13,16H,8-9H2,1-7H3/b14-10-. The van der Waals surface area contributed by atoms with Crippen LogP contribution in [0.4, 0.5) is 0 Å². The van der Waals surface area contributed by atoms with Crippen molar-refractivity contribution in [2.24, 2.45) is 5.92 Å². The third-order valence-electron chi connectivity index (χ3n) is 4.61. The minimum absolute atomic E-state index is 0.131. The van der Waals surface area contributed by atoms with E-state index in [4.69, 9.17) is 0 Å². The molecule has 3 heteroatoms. The average Bonchev–Trinajstić information content (AvgIpc) is 2.28. The average molecular weight is 270 g/mol. The summed E-state index contributed by atoms with van der Waals surface area (Å²) in [4.78, 5) is 12.5. The van der Waals surface area contributed by atoms with Gasteiger partial charge in [-0.3, -0.25) is 0 Å². The number of carbonyl (C=O) groups excluding carboxylic acids is 1. The Labute approximate surface area is 113 Å². The van der Waals surface area contributed by atoms with Crippen LogP contribution in [-0.4, -0.2) is 18.6 Å². The van der Waals surface area contributed by atoms with Gasteiger partial charge in [0, 0.05) is 12.0 Å². The molecule has 1 N–H and O–H groups in total. The first-order valence-corrected chi connectivity index (χ1v) is 9.82. The summed E-state index contributed by atoms with van der Waals surface area (Å²) in [5, 5.41) is 10.3. The first kappa shape index (κ1) is 17.4. The lowest BCUT2D eigenvalue weighted by Crippen LogP contribution is -2.46. The lowest BCUT2D eigenvalue weighted by atomic mass is 10.0. The molecule has 0 aliphatic rings. The topological polar surface area (TPSA) is 37.3 Å². The number of hydrogen-bond donors (Lipinski definition) is 1. The van der Waals surface area contributed by atoms with Gasteiger partial charge >= 0.3 is 0 Å². The van der Waals surface area contributed by atoms with Gasteiger partial charge in [0.1, 0.15) is 13.5 Å². The SMILES string of the molecule is CCC(CC)/C(O)=C/C(=O)[Si](C)(C(C)C)C(C)C. The Hall–Kier alpha value is -0.573. The monoisotopic (exact) mass is 270 g/mol. The number of hydrogen-bond acceptors (Lipinski definition) is 2. The normalized spacial score (nSPS) is 13.8. The van der Waals surface area contributed by atoms with Gasteiger partial charge in [0.25, 0.3) is 0 Å². The molecule has 0 rings (SSSR count). The molecule has 0 saturated heterocycles. The molecule has 0 bridgehead atoms. The van der Waals surface area contributed by atoms with Crippen molar-refractivity contribution in [2.45, 2.75) is 72.0 Å². The molecular weight excluding hydrogens is 240 g/mol. The summed E-state index contributed by atoms with van der Waals surface area (Å²) in [6.45, 7) is 14.8. The molecule has 106 valence electrons. The van der Waals surface area contributed by atoms with Gasteiger partial charge in [0.2, 0.25) is 0 Å². The summed E-state index contributed by atoms with van der Waals surface area (Å²) in [5.41, 5.74) is 0.798. The highest BCUT2D eigenvalue weighted by Crippen LogP contribution is 2.33. The Morgan fingerprint density at radius 2 is 1.50 bits per heavy atom. The quantitative estimate of drug-likeness (QED) is 0.407. The Kier molecular flexibility index (Phi) is 6.90. The summed E-state index contributed by atoms with van der Waals surface area (Å²) < 4.78 is 0. The highest BCUT2D eigenvalue weighted by molar-refractivity contribution is 7.08. The van der Waals surface area contributed by atoms with E-state index in [1.165, 1.54) is 6.08 Å². The number of rotatable bonds is 7. The Morgan fingerprint density at radius 1 is 1.11 bits per heavy atom. The summed E-state index contributed by atoms with van der Waals surface area (Å²) >= 11 is 0. The second kappa shape index (κ2) is 7.12. The fraction of sp³-hybridized carbons (Fsp3) is 0.800. The van der Waals surface area contributed by atoms with Crippen molar-refractivity contribution < 1.29 is 9.90 Å². The molecule has 0 radical (unpaired) electrons. The molecule has 0 amide bonds. The number of aliphatic hydroxyl groups excluding tert-OH is 1. The minimum atomic E-state index is -2.02. The smallest absolute Gasteiger partial charge is 0.140 e. The molecule has 18 heavy (non-hydrogen) atoms. The fourth-order valence-corrected chi connectivity index (χ4v) is 5.28. The van der Waals surface area contributed by atoms with Crippen molar-refractivity contribution >= 4 is 13.5 Å². The molecule has 0 heterocycles. The van der Waals surface area contributed by atoms with E-state index < -0.39 is 8.07 Å². The van der Waals surface area contributed by atoms with Crippen LogP contribution in [-0.2, 0) is 4.79 Å². The van der Waals surface area contributed by atoms with Crippen molar-refractivity contribution in [1.82, 2.24) is 0 Å². The lowest BCUT2D eigenvalue weighted by Gasteiger charge is -2.32. The van der Waals surface area contributed by atoms with Crippen LogP contribution in [0.1, 0.15) is 54.4 Å². The number of aliphatic hydroxyl groups is 1. The Balaban J connectivity index is 5.20. The molecule has 0 aromatic rings. The molecule has 0 saturated carbocycles. The van der Waals surface area contributed by atoms with Crippen LogP contribution >= 0.6 is 0 Å². The molecule has 2 nitrogen and oxygen atoms in total. The van der Waals surface area contributed by atoms with Gasteiger partial charge in [-0.25, -0.2) is 0 Å². The molecule has 0 atom stereocenters. The zero-order chi connectivity index (χ0) is 14.5. The van der Waals surface area contributed by atoms with Crippen molar-refractivity contribution in [2.75, 3.05) is 0 Å². The third kappa shape index (κ3) is 3.71. The van der Waals surface area contributed by atoms with Crippen LogP contribution in [0.5, 0.6) is 0 Å². The predicted octanol–water partition coefficient (Wildman–Crippen LogP) is 4.87. The summed E-state index contributed by atoms with van der Waals surface area (Å²) in [5.74, 6) is 0.413. The van der Waals surface area contributed by atoms with Gasteiger partial charge in [-0.15, -0.1) is 0 Å². The maximum absolute atomic E-state index is 12.5. The molecule has 0 spiro atoms. The molecule has 0 aliphatic carbocycles. The van der Waals surface area contributed by atoms with E-state index in [9.17, 15) is 9.90 Å². The van der Waals surface area contributed by atoms with Gasteiger partial charge in [-0.2, -0.15) is 0 Å². The first-order chi connectivity index (χ1) is 8.21. The highest BCUT2D eigenvalue weighted by atomic mass is 28.3. The molecule has 0 unspecified atom stereocenters. The van der Waals surface area contributed by atoms with E-state index in [0.29, 0.717) is 11.1 Å². The second-order valence-corrected chi connectivity index (χ2v) is 11.4. The third-order valence-corrected chi connectivity index (χ3v) is 10.6. The molecular formula is C15H30O2Si. The van der Waals surface area contributed by atoms with Crippen LogP contribution < -0.4 is 0 Å². The van der Waals surface area contributed by atoms with E-state index in [1.807, 2.05) is 13.8 Å². The van der Waals surface area contributed by atoms with E-state index in [1.54, 1.807) is 0 Å². The molecule has 0 aromatic carbocycles.